The summed E-state index contributed by atoms with van der Waals surface area (Å²) >= 11 is 0. The van der Waals surface area contributed by atoms with Crippen molar-refractivity contribution < 1.29 is 31.9 Å². The number of aliphatic hydroxyl groups excluding tert-OH is 1. The maximum atomic E-state index is 13.4. The highest BCUT2D eigenvalue weighted by Crippen LogP contribution is 2.38. The molecule has 0 bridgehead atoms. The minimum absolute atomic E-state index is 0.0687. The highest BCUT2D eigenvalue weighted by molar-refractivity contribution is 5.62. The number of aromatic nitrogens is 2. The normalized spacial score (nSPS) is 11.8. The van der Waals surface area contributed by atoms with E-state index in [1.807, 2.05) is 24.1 Å². The number of nitrogens with zero attached hydrogens (tertiary/aromatic N) is 3. The molecule has 31 heavy (non-hydrogen) atoms. The van der Waals surface area contributed by atoms with E-state index >= 15 is 0 Å². The van der Waals surface area contributed by atoms with Crippen molar-refractivity contribution in [3.05, 3.63) is 53.6 Å². The van der Waals surface area contributed by atoms with Crippen LogP contribution in [0.4, 0.5) is 17.6 Å². The molecule has 1 aromatic heterocycles. The zero-order chi connectivity index (χ0) is 22.4. The quantitative estimate of drug-likeness (QED) is 0.504. The molecule has 0 fully saturated rings. The lowest BCUT2D eigenvalue weighted by Gasteiger charge is -2.14. The molecule has 0 unspecified atom stereocenters. The van der Waals surface area contributed by atoms with Crippen molar-refractivity contribution in [2.24, 2.45) is 0 Å². The Balaban J connectivity index is 1.82. The first-order valence-electron chi connectivity index (χ1n) is 9.44. The summed E-state index contributed by atoms with van der Waals surface area (Å²) < 4.78 is 62.4. The highest BCUT2D eigenvalue weighted by atomic mass is 19.4. The number of hydrogen-bond acceptors (Lipinski definition) is 6. The molecule has 1 heterocycles. The fraction of sp³-hybridized carbons (Fsp3) is 0.333. The largest absolute Gasteiger partial charge is 0.490 e. The standard InChI is InChI=1S/C21H21F4N3O3/c1-28(9-10-29)13-14-2-4-15(5-3-14)19-26-20(31-27-19)16-6-7-18(30-11-8-22)17(12-16)21(23,24)25/h2-7,12,29H,8-11,13H2,1H3. The Morgan fingerprint density at radius 3 is 2.45 bits per heavy atom. The molecule has 2 aromatic carbocycles. The van der Waals surface area contributed by atoms with E-state index in [1.165, 1.54) is 6.07 Å². The number of rotatable bonds is 9. The van der Waals surface area contributed by atoms with Crippen molar-refractivity contribution in [1.82, 2.24) is 15.0 Å². The molecule has 3 rings (SSSR count). The van der Waals surface area contributed by atoms with Crippen LogP contribution in [0, 0.1) is 0 Å². The van der Waals surface area contributed by atoms with Gasteiger partial charge in [-0.15, -0.1) is 0 Å². The van der Waals surface area contributed by atoms with Gasteiger partial charge in [-0.25, -0.2) is 4.39 Å². The number of benzene rings is 2. The molecule has 0 amide bonds. The van der Waals surface area contributed by atoms with E-state index in [-0.39, 0.29) is 23.9 Å². The smallest absolute Gasteiger partial charge is 0.419 e. The molecule has 0 saturated heterocycles. The Kier molecular flexibility index (Phi) is 7.24. The Labute approximate surface area is 176 Å². The van der Waals surface area contributed by atoms with Crippen LogP contribution in [-0.2, 0) is 12.7 Å². The number of ether oxygens (including phenoxy) is 1. The van der Waals surface area contributed by atoms with Crippen LogP contribution in [0.3, 0.4) is 0 Å². The molecule has 1 N–H and O–H groups in total. The predicted octanol–water partition coefficient (Wildman–Crippen LogP) is 4.19. The topological polar surface area (TPSA) is 71.6 Å². The Hall–Kier alpha value is -2.98. The maximum absolute atomic E-state index is 13.4. The summed E-state index contributed by atoms with van der Waals surface area (Å²) in [4.78, 5) is 6.16. The van der Waals surface area contributed by atoms with Crippen LogP contribution in [0.1, 0.15) is 11.1 Å². The molecule has 3 aromatic rings. The van der Waals surface area contributed by atoms with Crippen molar-refractivity contribution in [2.75, 3.05) is 33.5 Å². The number of alkyl halides is 4. The molecule has 0 aliphatic rings. The van der Waals surface area contributed by atoms with Gasteiger partial charge >= 0.3 is 6.18 Å². The van der Waals surface area contributed by atoms with Gasteiger partial charge in [0.15, 0.2) is 0 Å². The Morgan fingerprint density at radius 1 is 1.10 bits per heavy atom. The third kappa shape index (κ3) is 5.80. The molecule has 10 heteroatoms. The average molecular weight is 439 g/mol. The summed E-state index contributed by atoms with van der Waals surface area (Å²) in [6, 6.07) is 10.6. The lowest BCUT2D eigenvalue weighted by Crippen LogP contribution is -2.21. The first-order valence-corrected chi connectivity index (χ1v) is 9.44. The molecule has 0 saturated carbocycles. The summed E-state index contributed by atoms with van der Waals surface area (Å²) in [7, 11) is 1.89. The molecule has 0 aliphatic heterocycles. The lowest BCUT2D eigenvalue weighted by molar-refractivity contribution is -0.138. The van der Waals surface area contributed by atoms with Gasteiger partial charge in [0.2, 0.25) is 5.82 Å². The molecule has 0 aliphatic carbocycles. The van der Waals surface area contributed by atoms with E-state index in [2.05, 4.69) is 10.1 Å². The van der Waals surface area contributed by atoms with Gasteiger partial charge in [0.1, 0.15) is 19.0 Å². The van der Waals surface area contributed by atoms with Gasteiger partial charge in [-0.3, -0.25) is 4.90 Å². The Bertz CT molecular complexity index is 990. The monoisotopic (exact) mass is 439 g/mol. The fourth-order valence-electron chi connectivity index (χ4n) is 2.94. The second kappa shape index (κ2) is 9.88. The maximum Gasteiger partial charge on any atom is 0.419 e. The summed E-state index contributed by atoms with van der Waals surface area (Å²) in [5.41, 5.74) is 0.681. The molecular formula is C21H21F4N3O3. The molecule has 166 valence electrons. The zero-order valence-electron chi connectivity index (χ0n) is 16.7. The minimum Gasteiger partial charge on any atom is -0.490 e. The Morgan fingerprint density at radius 2 is 1.81 bits per heavy atom. The van der Waals surface area contributed by atoms with Crippen LogP contribution in [0.2, 0.25) is 0 Å². The van der Waals surface area contributed by atoms with Crippen molar-refractivity contribution in [2.45, 2.75) is 12.7 Å². The summed E-state index contributed by atoms with van der Waals surface area (Å²) in [6.07, 6.45) is -4.69. The van der Waals surface area contributed by atoms with E-state index < -0.39 is 30.8 Å². The summed E-state index contributed by atoms with van der Waals surface area (Å²) in [6.45, 7) is -0.108. The molecule has 0 radical (unpaired) electrons. The van der Waals surface area contributed by atoms with Gasteiger partial charge in [0.25, 0.3) is 5.89 Å². The number of aliphatic hydroxyl groups is 1. The van der Waals surface area contributed by atoms with Crippen LogP contribution in [0.15, 0.2) is 47.0 Å². The highest BCUT2D eigenvalue weighted by Gasteiger charge is 2.35. The second-order valence-corrected chi connectivity index (χ2v) is 6.83. The zero-order valence-corrected chi connectivity index (χ0v) is 16.7. The third-order valence-corrected chi connectivity index (χ3v) is 4.44. The van der Waals surface area contributed by atoms with Gasteiger partial charge in [-0.1, -0.05) is 29.4 Å². The van der Waals surface area contributed by atoms with Gasteiger partial charge in [-0.05, 0) is 30.8 Å². The van der Waals surface area contributed by atoms with E-state index in [0.717, 1.165) is 17.7 Å². The number of likely N-dealkylation sites (N-methyl/N-ethyl adjacent to an activating group) is 1. The molecule has 0 atom stereocenters. The fourth-order valence-corrected chi connectivity index (χ4v) is 2.94. The number of hydrogen-bond donors (Lipinski definition) is 1. The van der Waals surface area contributed by atoms with Gasteiger partial charge in [0, 0.05) is 24.2 Å². The van der Waals surface area contributed by atoms with Crippen molar-refractivity contribution >= 4 is 0 Å². The van der Waals surface area contributed by atoms with Crippen LogP contribution >= 0.6 is 0 Å². The van der Waals surface area contributed by atoms with Crippen molar-refractivity contribution in [3.63, 3.8) is 0 Å². The van der Waals surface area contributed by atoms with Crippen LogP contribution in [0.25, 0.3) is 22.8 Å². The minimum atomic E-state index is -4.69. The molecule has 0 spiro atoms. The van der Waals surface area contributed by atoms with E-state index in [4.69, 9.17) is 14.4 Å². The second-order valence-electron chi connectivity index (χ2n) is 6.83. The SMILES string of the molecule is CN(CCO)Cc1ccc(-c2noc(-c3ccc(OCCF)c(C(F)(F)F)c3)n2)cc1. The lowest BCUT2D eigenvalue weighted by atomic mass is 10.1. The van der Waals surface area contributed by atoms with Crippen LogP contribution in [0.5, 0.6) is 5.75 Å². The first kappa shape index (κ1) is 22.7. The van der Waals surface area contributed by atoms with Gasteiger partial charge < -0.3 is 14.4 Å². The van der Waals surface area contributed by atoms with E-state index in [9.17, 15) is 17.6 Å². The average Bonchev–Trinajstić information content (AvgIpc) is 3.22. The van der Waals surface area contributed by atoms with Crippen molar-refractivity contribution in [3.8, 4) is 28.6 Å². The first-order chi connectivity index (χ1) is 14.8. The van der Waals surface area contributed by atoms with Crippen LogP contribution in [-0.4, -0.2) is 53.6 Å². The van der Waals surface area contributed by atoms with Gasteiger partial charge in [-0.2, -0.15) is 18.2 Å². The van der Waals surface area contributed by atoms with Crippen molar-refractivity contribution in [1.29, 1.82) is 0 Å². The van der Waals surface area contributed by atoms with E-state index in [1.54, 1.807) is 12.1 Å². The molecule has 6 nitrogen and oxygen atoms in total. The summed E-state index contributed by atoms with van der Waals surface area (Å²) in [5.74, 6) is -0.309. The van der Waals surface area contributed by atoms with E-state index in [0.29, 0.717) is 18.7 Å². The van der Waals surface area contributed by atoms with Gasteiger partial charge in [0.05, 0.1) is 12.2 Å². The molecular weight excluding hydrogens is 418 g/mol. The predicted molar refractivity (Wildman–Crippen MR) is 105 cm³/mol. The third-order valence-electron chi connectivity index (χ3n) is 4.44. The summed E-state index contributed by atoms with van der Waals surface area (Å²) in [5, 5.41) is 12.8. The number of halogens is 4. The van der Waals surface area contributed by atoms with Crippen LogP contribution < -0.4 is 4.74 Å².